The summed E-state index contributed by atoms with van der Waals surface area (Å²) >= 11 is 0. The van der Waals surface area contributed by atoms with E-state index in [0.29, 0.717) is 13.3 Å². The molecule has 0 bridgehead atoms. The van der Waals surface area contributed by atoms with E-state index in [1.54, 1.807) is 0 Å². The summed E-state index contributed by atoms with van der Waals surface area (Å²) in [6.45, 7) is 0.333. The first-order valence-electron chi connectivity index (χ1n) is 5.01. The Kier molecular flexibility index (Phi) is 3.65. The minimum absolute atomic E-state index is 0.228. The zero-order valence-corrected chi connectivity index (χ0v) is 9.10. The zero-order chi connectivity index (χ0) is 13.3. The highest BCUT2D eigenvalue weighted by molar-refractivity contribution is 5.80. The van der Waals surface area contributed by atoms with Gasteiger partial charge in [-0.25, -0.2) is 4.79 Å². The normalized spacial score (nSPS) is 24.2. The topological polar surface area (TPSA) is 78.4 Å². The molecule has 3 N–H and O–H groups in total. The van der Waals surface area contributed by atoms with E-state index in [0.717, 1.165) is 0 Å². The van der Waals surface area contributed by atoms with Crippen LogP contribution in [0.15, 0.2) is 0 Å². The van der Waals surface area contributed by atoms with Gasteiger partial charge in [0.25, 0.3) is 0 Å². The molecule has 1 saturated heterocycles. The second-order valence-corrected chi connectivity index (χ2v) is 4.11. The Hall–Kier alpha value is -1.31. The number of carboxylic acids is 1. The predicted molar refractivity (Wildman–Crippen MR) is 51.3 cm³/mol. The van der Waals surface area contributed by atoms with Gasteiger partial charge in [0.05, 0.1) is 0 Å². The monoisotopic (exact) mass is 254 g/mol. The van der Waals surface area contributed by atoms with Crippen molar-refractivity contribution in [2.24, 2.45) is 0 Å². The molecule has 0 spiro atoms. The largest absolute Gasteiger partial charge is 0.480 e. The molecule has 1 aliphatic heterocycles. The van der Waals surface area contributed by atoms with E-state index in [2.05, 4.69) is 5.32 Å². The Labute approximate surface area is 95.4 Å². The van der Waals surface area contributed by atoms with Crippen molar-refractivity contribution < 1.29 is 27.9 Å². The van der Waals surface area contributed by atoms with Crippen LogP contribution in [0.3, 0.4) is 0 Å². The highest BCUT2D eigenvalue weighted by Gasteiger charge is 2.57. The molecule has 0 aromatic rings. The van der Waals surface area contributed by atoms with Gasteiger partial charge in [-0.3, -0.25) is 10.1 Å². The van der Waals surface area contributed by atoms with Crippen LogP contribution < -0.4 is 10.6 Å². The fourth-order valence-corrected chi connectivity index (χ4v) is 1.45. The molecule has 0 aromatic heterocycles. The van der Waals surface area contributed by atoms with Crippen LogP contribution in [-0.4, -0.2) is 41.3 Å². The standard InChI is InChI=1S/C9H13F3N2O3/c1-8(7(16)17,9(10,11)12)13-4-5-2-3-6(15)14-5/h5,13H,2-4H2,1H3,(H,14,15)(H,16,17). The molecular weight excluding hydrogens is 241 g/mol. The van der Waals surface area contributed by atoms with Crippen molar-refractivity contribution in [3.05, 3.63) is 0 Å². The Balaban J connectivity index is 2.63. The van der Waals surface area contributed by atoms with Crippen molar-refractivity contribution in [2.75, 3.05) is 6.54 Å². The fraction of sp³-hybridized carbons (Fsp3) is 0.778. The Bertz CT molecular complexity index is 332. The van der Waals surface area contributed by atoms with Crippen LogP contribution in [0.2, 0.25) is 0 Å². The lowest BCUT2D eigenvalue weighted by Crippen LogP contribution is -2.62. The molecule has 1 heterocycles. The number of nitrogens with one attached hydrogen (secondary N) is 2. The SMILES string of the molecule is CC(NCC1CCC(=O)N1)(C(=O)O)C(F)(F)F. The summed E-state index contributed by atoms with van der Waals surface area (Å²) in [4.78, 5) is 21.5. The summed E-state index contributed by atoms with van der Waals surface area (Å²) in [5.41, 5.74) is -3.00. The van der Waals surface area contributed by atoms with Crippen LogP contribution in [-0.2, 0) is 9.59 Å². The maximum Gasteiger partial charge on any atom is 0.417 e. The lowest BCUT2D eigenvalue weighted by atomic mass is 10.0. The molecule has 1 fully saturated rings. The van der Waals surface area contributed by atoms with Crippen LogP contribution in [0.5, 0.6) is 0 Å². The first kappa shape index (κ1) is 13.8. The third kappa shape index (κ3) is 2.87. The molecule has 2 atom stereocenters. The number of halogens is 3. The average Bonchev–Trinajstić information content (AvgIpc) is 2.58. The molecule has 0 aliphatic carbocycles. The van der Waals surface area contributed by atoms with Crippen molar-refractivity contribution in [2.45, 2.75) is 37.5 Å². The molecule has 0 radical (unpaired) electrons. The Morgan fingerprint density at radius 3 is 2.53 bits per heavy atom. The summed E-state index contributed by atoms with van der Waals surface area (Å²) in [6.07, 6.45) is -4.25. The first-order valence-corrected chi connectivity index (χ1v) is 5.01. The third-order valence-corrected chi connectivity index (χ3v) is 2.78. The van der Waals surface area contributed by atoms with Crippen molar-refractivity contribution in [3.63, 3.8) is 0 Å². The number of carbonyl (C=O) groups is 2. The molecule has 1 aliphatic rings. The molecule has 17 heavy (non-hydrogen) atoms. The van der Waals surface area contributed by atoms with Gasteiger partial charge in [-0.05, 0) is 13.3 Å². The van der Waals surface area contributed by atoms with Crippen molar-refractivity contribution in [1.82, 2.24) is 10.6 Å². The van der Waals surface area contributed by atoms with Crippen LogP contribution >= 0.6 is 0 Å². The van der Waals surface area contributed by atoms with Crippen LogP contribution in [0.1, 0.15) is 19.8 Å². The molecular formula is C9H13F3N2O3. The third-order valence-electron chi connectivity index (χ3n) is 2.78. The first-order chi connectivity index (χ1) is 7.67. The van der Waals surface area contributed by atoms with E-state index in [1.165, 1.54) is 0 Å². The molecule has 8 heteroatoms. The van der Waals surface area contributed by atoms with Crippen LogP contribution in [0.25, 0.3) is 0 Å². The van der Waals surface area contributed by atoms with Gasteiger partial charge in [0.2, 0.25) is 11.4 Å². The zero-order valence-electron chi connectivity index (χ0n) is 9.10. The van der Waals surface area contributed by atoms with Gasteiger partial charge >= 0.3 is 12.1 Å². The number of hydrogen-bond acceptors (Lipinski definition) is 3. The summed E-state index contributed by atoms with van der Waals surface area (Å²) in [5, 5.41) is 13.0. The van der Waals surface area contributed by atoms with Crippen LogP contribution in [0.4, 0.5) is 13.2 Å². The van der Waals surface area contributed by atoms with Gasteiger partial charge in [0.15, 0.2) is 0 Å². The average molecular weight is 254 g/mol. The Morgan fingerprint density at radius 1 is 1.59 bits per heavy atom. The molecule has 98 valence electrons. The smallest absolute Gasteiger partial charge is 0.417 e. The molecule has 0 saturated carbocycles. The predicted octanol–water partition coefficient (Wildman–Crippen LogP) is 0.260. The minimum atomic E-state index is -4.90. The van der Waals surface area contributed by atoms with Crippen molar-refractivity contribution >= 4 is 11.9 Å². The summed E-state index contributed by atoms with van der Waals surface area (Å²) in [5.74, 6) is -2.23. The van der Waals surface area contributed by atoms with Gasteiger partial charge in [-0.15, -0.1) is 0 Å². The number of hydrogen-bond donors (Lipinski definition) is 3. The lowest BCUT2D eigenvalue weighted by molar-refractivity contribution is -0.206. The van der Waals surface area contributed by atoms with Gasteiger partial charge in [0, 0.05) is 19.0 Å². The summed E-state index contributed by atoms with van der Waals surface area (Å²) in [7, 11) is 0. The van der Waals surface area contributed by atoms with Gasteiger partial charge in [-0.2, -0.15) is 13.2 Å². The number of alkyl halides is 3. The van der Waals surface area contributed by atoms with E-state index >= 15 is 0 Å². The van der Waals surface area contributed by atoms with Crippen molar-refractivity contribution in [3.8, 4) is 0 Å². The number of carbonyl (C=O) groups excluding carboxylic acids is 1. The summed E-state index contributed by atoms with van der Waals surface area (Å²) in [6, 6.07) is -0.455. The fourth-order valence-electron chi connectivity index (χ4n) is 1.45. The quantitative estimate of drug-likeness (QED) is 0.672. The molecule has 2 unspecified atom stereocenters. The second kappa shape index (κ2) is 4.52. The molecule has 1 rings (SSSR count). The maximum atomic E-state index is 12.6. The molecule has 0 aromatic carbocycles. The van der Waals surface area contributed by atoms with Gasteiger partial charge in [0.1, 0.15) is 0 Å². The number of aliphatic carboxylic acids is 1. The van der Waals surface area contributed by atoms with Crippen molar-refractivity contribution in [1.29, 1.82) is 0 Å². The molecule has 1 amide bonds. The van der Waals surface area contributed by atoms with Crippen LogP contribution in [0, 0.1) is 0 Å². The number of carboxylic acid groups (broad SMARTS) is 1. The van der Waals surface area contributed by atoms with E-state index in [1.807, 2.05) is 5.32 Å². The summed E-state index contributed by atoms with van der Waals surface area (Å²) < 4.78 is 37.7. The Morgan fingerprint density at radius 2 is 2.18 bits per heavy atom. The van der Waals surface area contributed by atoms with E-state index in [-0.39, 0.29) is 18.9 Å². The van der Waals surface area contributed by atoms with Gasteiger partial charge < -0.3 is 10.4 Å². The molecule has 5 nitrogen and oxygen atoms in total. The maximum absolute atomic E-state index is 12.6. The number of rotatable bonds is 4. The number of amides is 1. The lowest BCUT2D eigenvalue weighted by Gasteiger charge is -2.29. The highest BCUT2D eigenvalue weighted by Crippen LogP contribution is 2.30. The second-order valence-electron chi connectivity index (χ2n) is 4.11. The van der Waals surface area contributed by atoms with E-state index in [4.69, 9.17) is 5.11 Å². The van der Waals surface area contributed by atoms with Gasteiger partial charge in [-0.1, -0.05) is 0 Å². The highest BCUT2D eigenvalue weighted by atomic mass is 19.4. The minimum Gasteiger partial charge on any atom is -0.480 e. The van der Waals surface area contributed by atoms with E-state index < -0.39 is 23.7 Å². The van der Waals surface area contributed by atoms with E-state index in [9.17, 15) is 22.8 Å².